The quantitative estimate of drug-likeness (QED) is 0.387. The van der Waals surface area contributed by atoms with E-state index < -0.39 is 5.97 Å². The van der Waals surface area contributed by atoms with Gasteiger partial charge in [0.25, 0.3) is 5.97 Å². The van der Waals surface area contributed by atoms with Crippen molar-refractivity contribution >= 4 is 5.96 Å². The lowest BCUT2D eigenvalue weighted by molar-refractivity contribution is -0.353. The molecule has 17 heavy (non-hydrogen) atoms. The van der Waals surface area contributed by atoms with Crippen LogP contribution in [-0.4, -0.2) is 77.8 Å². The summed E-state index contributed by atoms with van der Waals surface area (Å²) < 4.78 is 15.6. The van der Waals surface area contributed by atoms with E-state index in [-0.39, 0.29) is 0 Å². The molecular weight excluding hydrogens is 222 g/mol. The van der Waals surface area contributed by atoms with Crippen molar-refractivity contribution in [1.29, 1.82) is 0 Å². The Hall–Kier alpha value is -0.850. The Labute approximate surface area is 104 Å². The van der Waals surface area contributed by atoms with E-state index in [0.29, 0.717) is 13.0 Å². The molecule has 0 aliphatic rings. The van der Waals surface area contributed by atoms with E-state index >= 15 is 0 Å². The Kier molecular flexibility index (Phi) is 7.10. The molecule has 0 radical (unpaired) electrons. The van der Waals surface area contributed by atoms with Gasteiger partial charge in [-0.1, -0.05) is 0 Å². The summed E-state index contributed by atoms with van der Waals surface area (Å²) in [6, 6.07) is 0. The highest BCUT2D eigenvalue weighted by Gasteiger charge is 2.28. The molecule has 0 amide bonds. The van der Waals surface area contributed by atoms with E-state index in [1.54, 1.807) is 21.3 Å². The minimum atomic E-state index is -1.01. The average Bonchev–Trinajstić information content (AvgIpc) is 2.29. The molecule has 0 unspecified atom stereocenters. The minimum Gasteiger partial charge on any atom is -0.349 e. The molecule has 0 aromatic rings. The van der Waals surface area contributed by atoms with E-state index in [1.165, 1.54) is 0 Å². The Morgan fingerprint density at radius 1 is 0.941 bits per heavy atom. The van der Waals surface area contributed by atoms with Crippen LogP contribution in [0.3, 0.4) is 0 Å². The number of aliphatic imine (C=N–C) groups is 1. The molecule has 0 fully saturated rings. The van der Waals surface area contributed by atoms with Gasteiger partial charge in [-0.3, -0.25) is 4.99 Å². The molecule has 6 nitrogen and oxygen atoms in total. The van der Waals surface area contributed by atoms with Crippen LogP contribution in [0.5, 0.6) is 0 Å². The van der Waals surface area contributed by atoms with Crippen molar-refractivity contribution in [2.24, 2.45) is 4.99 Å². The first-order valence-electron chi connectivity index (χ1n) is 5.47. The van der Waals surface area contributed by atoms with Gasteiger partial charge in [0.1, 0.15) is 0 Å². The van der Waals surface area contributed by atoms with Crippen molar-refractivity contribution in [3.05, 3.63) is 0 Å². The van der Waals surface area contributed by atoms with Crippen molar-refractivity contribution in [1.82, 2.24) is 9.80 Å². The zero-order valence-corrected chi connectivity index (χ0v) is 12.0. The van der Waals surface area contributed by atoms with Crippen LogP contribution in [0.2, 0.25) is 0 Å². The molecule has 6 heteroatoms. The summed E-state index contributed by atoms with van der Waals surface area (Å²) in [5.74, 6) is -0.116. The summed E-state index contributed by atoms with van der Waals surface area (Å²) in [6.07, 6.45) is 0.529. The lowest BCUT2D eigenvalue weighted by Gasteiger charge is -2.28. The molecule has 0 aromatic heterocycles. The average molecular weight is 247 g/mol. The Bertz CT molecular complexity index is 220. The van der Waals surface area contributed by atoms with Crippen LogP contribution >= 0.6 is 0 Å². The second-order valence-corrected chi connectivity index (χ2v) is 4.02. The van der Waals surface area contributed by atoms with Gasteiger partial charge in [0.2, 0.25) is 0 Å². The van der Waals surface area contributed by atoms with Gasteiger partial charge < -0.3 is 24.0 Å². The monoisotopic (exact) mass is 247 g/mol. The van der Waals surface area contributed by atoms with Crippen LogP contribution in [0.25, 0.3) is 0 Å². The van der Waals surface area contributed by atoms with Crippen LogP contribution in [0.4, 0.5) is 0 Å². The van der Waals surface area contributed by atoms with Crippen LogP contribution in [0, 0.1) is 0 Å². The van der Waals surface area contributed by atoms with E-state index in [2.05, 4.69) is 4.99 Å². The van der Waals surface area contributed by atoms with E-state index in [9.17, 15) is 0 Å². The fourth-order valence-electron chi connectivity index (χ4n) is 1.53. The lowest BCUT2D eigenvalue weighted by atomic mass is 10.3. The number of guanidine groups is 1. The summed E-state index contributed by atoms with van der Waals surface area (Å²) in [4.78, 5) is 8.38. The van der Waals surface area contributed by atoms with Crippen molar-refractivity contribution in [2.75, 3.05) is 56.1 Å². The molecule has 0 spiro atoms. The minimum absolute atomic E-state index is 0.529. The van der Waals surface area contributed by atoms with Crippen molar-refractivity contribution in [3.63, 3.8) is 0 Å². The molecule has 102 valence electrons. The van der Waals surface area contributed by atoms with Gasteiger partial charge in [0.05, 0.1) is 6.54 Å². The number of nitrogens with zero attached hydrogens (tertiary/aromatic N) is 3. The normalized spacial score (nSPS) is 11.2. The first kappa shape index (κ1) is 16.1. The summed E-state index contributed by atoms with van der Waals surface area (Å²) >= 11 is 0. The lowest BCUT2D eigenvalue weighted by Crippen LogP contribution is -2.38. The molecule has 0 atom stereocenters. The smallest absolute Gasteiger partial charge is 0.283 e. The number of hydrogen-bond acceptors (Lipinski definition) is 4. The van der Waals surface area contributed by atoms with Crippen LogP contribution < -0.4 is 0 Å². The largest absolute Gasteiger partial charge is 0.349 e. The molecule has 0 aromatic carbocycles. The molecule has 0 N–H and O–H groups in total. The number of rotatable bonds is 6. The van der Waals surface area contributed by atoms with E-state index in [1.807, 2.05) is 38.0 Å². The zero-order chi connectivity index (χ0) is 13.5. The Morgan fingerprint density at radius 2 is 1.35 bits per heavy atom. The van der Waals surface area contributed by atoms with Gasteiger partial charge in [-0.05, 0) is 0 Å². The number of ether oxygens (including phenoxy) is 3. The third-order valence-electron chi connectivity index (χ3n) is 2.40. The SMILES string of the molecule is COC(CCN=C(N(C)C)N(C)C)(OC)OC. The molecule has 0 aliphatic heterocycles. The molecule has 0 heterocycles. The first-order chi connectivity index (χ1) is 7.92. The second kappa shape index (κ2) is 7.47. The summed E-state index contributed by atoms with van der Waals surface area (Å²) in [6.45, 7) is 0.557. The maximum Gasteiger partial charge on any atom is 0.283 e. The van der Waals surface area contributed by atoms with Gasteiger partial charge in [-0.15, -0.1) is 0 Å². The fraction of sp³-hybridized carbons (Fsp3) is 0.909. The number of hydrogen-bond donors (Lipinski definition) is 0. The van der Waals surface area contributed by atoms with Crippen molar-refractivity contribution in [2.45, 2.75) is 12.4 Å². The first-order valence-corrected chi connectivity index (χ1v) is 5.47. The Morgan fingerprint density at radius 3 is 1.65 bits per heavy atom. The third-order valence-corrected chi connectivity index (χ3v) is 2.40. The molecule has 0 saturated carbocycles. The highest BCUT2D eigenvalue weighted by atomic mass is 16.9. The fourth-order valence-corrected chi connectivity index (χ4v) is 1.53. The molecular formula is C11H25N3O3. The highest BCUT2D eigenvalue weighted by Crippen LogP contribution is 2.16. The molecule has 0 aliphatic carbocycles. The summed E-state index contributed by atoms with van der Waals surface area (Å²) in [5, 5.41) is 0. The Balaban J connectivity index is 4.49. The van der Waals surface area contributed by atoms with Gasteiger partial charge >= 0.3 is 0 Å². The van der Waals surface area contributed by atoms with Gasteiger partial charge in [0, 0.05) is 55.9 Å². The standard InChI is InChI=1S/C11H25N3O3/c1-13(2)10(14(3)4)12-9-8-11(15-5,16-6)17-7/h8-9H2,1-7H3. The van der Waals surface area contributed by atoms with Gasteiger partial charge in [0.15, 0.2) is 5.96 Å². The number of methoxy groups -OCH3 is 3. The van der Waals surface area contributed by atoms with Crippen molar-refractivity contribution in [3.8, 4) is 0 Å². The zero-order valence-electron chi connectivity index (χ0n) is 12.0. The predicted molar refractivity (Wildman–Crippen MR) is 68.1 cm³/mol. The maximum atomic E-state index is 5.20. The highest BCUT2D eigenvalue weighted by molar-refractivity contribution is 5.79. The van der Waals surface area contributed by atoms with Crippen LogP contribution in [-0.2, 0) is 14.2 Å². The third kappa shape index (κ3) is 4.89. The predicted octanol–water partition coefficient (Wildman–Crippen LogP) is 0.449. The van der Waals surface area contributed by atoms with Crippen LogP contribution in [0.15, 0.2) is 4.99 Å². The molecule has 0 rings (SSSR count). The van der Waals surface area contributed by atoms with E-state index in [0.717, 1.165) is 5.96 Å². The maximum absolute atomic E-state index is 5.20. The van der Waals surface area contributed by atoms with E-state index in [4.69, 9.17) is 14.2 Å². The van der Waals surface area contributed by atoms with Crippen molar-refractivity contribution < 1.29 is 14.2 Å². The molecule has 0 bridgehead atoms. The topological polar surface area (TPSA) is 46.5 Å². The van der Waals surface area contributed by atoms with Gasteiger partial charge in [-0.25, -0.2) is 0 Å². The van der Waals surface area contributed by atoms with Gasteiger partial charge in [-0.2, -0.15) is 0 Å². The molecule has 0 saturated heterocycles. The van der Waals surface area contributed by atoms with Crippen LogP contribution in [0.1, 0.15) is 6.42 Å². The second-order valence-electron chi connectivity index (χ2n) is 4.02. The summed E-state index contributed by atoms with van der Waals surface area (Å²) in [5.41, 5.74) is 0. The summed E-state index contributed by atoms with van der Waals surface area (Å²) in [7, 11) is 12.5.